The summed E-state index contributed by atoms with van der Waals surface area (Å²) in [5, 5.41) is 20.3. The highest BCUT2D eigenvalue weighted by molar-refractivity contribution is 5.93. The molecule has 0 unspecified atom stereocenters. The van der Waals surface area contributed by atoms with Gasteiger partial charge in [0.2, 0.25) is 5.91 Å². The number of fused-ring (bicyclic) bond motifs is 1. The SMILES string of the molecule is COc1cc2c(Nc3cnn(CC(=O)Nc4cccc(F)c4)c3)ncnc2cc1OCCCN(CCO)CC1CCC1. The minimum absolute atomic E-state index is 0.0461. The number of amides is 1. The number of ether oxygens (including phenoxy) is 2. The van der Waals surface area contributed by atoms with Crippen LogP contribution in [0, 0.1) is 11.7 Å². The van der Waals surface area contributed by atoms with Gasteiger partial charge in [-0.2, -0.15) is 5.10 Å². The van der Waals surface area contributed by atoms with E-state index >= 15 is 0 Å². The maximum atomic E-state index is 13.4. The van der Waals surface area contributed by atoms with Gasteiger partial charge in [-0.1, -0.05) is 12.5 Å². The molecule has 2 heterocycles. The van der Waals surface area contributed by atoms with Gasteiger partial charge in [-0.05, 0) is 49.4 Å². The van der Waals surface area contributed by atoms with Crippen LogP contribution in [-0.2, 0) is 11.3 Å². The average Bonchev–Trinajstić information content (AvgIpc) is 3.38. The van der Waals surface area contributed by atoms with E-state index in [9.17, 15) is 14.3 Å². The molecule has 0 saturated heterocycles. The molecule has 1 fully saturated rings. The van der Waals surface area contributed by atoms with Crippen LogP contribution >= 0.6 is 0 Å². The van der Waals surface area contributed by atoms with E-state index < -0.39 is 5.82 Å². The zero-order valence-corrected chi connectivity index (χ0v) is 23.6. The molecule has 1 amide bonds. The molecule has 1 saturated carbocycles. The van der Waals surface area contributed by atoms with Crippen LogP contribution < -0.4 is 20.1 Å². The van der Waals surface area contributed by atoms with E-state index in [4.69, 9.17) is 9.47 Å². The monoisotopic (exact) mass is 577 g/mol. The number of aliphatic hydroxyl groups excluding tert-OH is 1. The van der Waals surface area contributed by atoms with E-state index in [-0.39, 0.29) is 19.1 Å². The second-order valence-electron chi connectivity index (χ2n) is 10.4. The Morgan fingerprint density at radius 1 is 1.17 bits per heavy atom. The number of nitrogens with one attached hydrogen (secondary N) is 2. The molecule has 3 N–H and O–H groups in total. The van der Waals surface area contributed by atoms with Crippen molar-refractivity contribution in [3.63, 3.8) is 0 Å². The molecule has 4 aromatic rings. The normalized spacial score (nSPS) is 13.2. The first kappa shape index (κ1) is 29.2. The number of aliphatic hydroxyl groups is 1. The Morgan fingerprint density at radius 3 is 2.81 bits per heavy atom. The maximum absolute atomic E-state index is 13.4. The lowest BCUT2D eigenvalue weighted by atomic mass is 9.85. The second-order valence-corrected chi connectivity index (χ2v) is 10.4. The first-order chi connectivity index (χ1) is 20.5. The number of hydrogen-bond acceptors (Lipinski definition) is 9. The average molecular weight is 578 g/mol. The molecular formula is C30H36FN7O4. The summed E-state index contributed by atoms with van der Waals surface area (Å²) < 4.78 is 26.6. The van der Waals surface area contributed by atoms with Gasteiger partial charge in [-0.25, -0.2) is 14.4 Å². The van der Waals surface area contributed by atoms with Crippen LogP contribution in [0.4, 0.5) is 21.6 Å². The van der Waals surface area contributed by atoms with Gasteiger partial charge in [-0.15, -0.1) is 0 Å². The van der Waals surface area contributed by atoms with Crippen LogP contribution in [0.5, 0.6) is 11.5 Å². The van der Waals surface area contributed by atoms with Crippen molar-refractivity contribution in [3.8, 4) is 11.5 Å². The highest BCUT2D eigenvalue weighted by Gasteiger charge is 2.20. The van der Waals surface area contributed by atoms with E-state index in [0.29, 0.717) is 47.4 Å². The van der Waals surface area contributed by atoms with E-state index in [1.807, 2.05) is 12.1 Å². The molecule has 5 rings (SSSR count). The number of carbonyl (C=O) groups excluding carboxylic acids is 1. The molecule has 12 heteroatoms. The third-order valence-corrected chi connectivity index (χ3v) is 7.26. The van der Waals surface area contributed by atoms with Crippen LogP contribution in [0.15, 0.2) is 55.1 Å². The lowest BCUT2D eigenvalue weighted by Gasteiger charge is -2.32. The zero-order valence-electron chi connectivity index (χ0n) is 23.6. The molecule has 42 heavy (non-hydrogen) atoms. The number of rotatable bonds is 15. The van der Waals surface area contributed by atoms with Crippen molar-refractivity contribution >= 4 is 34.0 Å². The van der Waals surface area contributed by atoms with Crippen molar-refractivity contribution in [3.05, 3.63) is 60.9 Å². The molecule has 0 radical (unpaired) electrons. The number of halogens is 1. The molecule has 1 aliphatic carbocycles. The summed E-state index contributed by atoms with van der Waals surface area (Å²) in [6, 6.07) is 9.38. The highest BCUT2D eigenvalue weighted by Crippen LogP contribution is 2.35. The Labute approximate surface area is 243 Å². The molecule has 2 aromatic carbocycles. The van der Waals surface area contributed by atoms with Crippen molar-refractivity contribution in [1.29, 1.82) is 0 Å². The predicted molar refractivity (Wildman–Crippen MR) is 158 cm³/mol. The Hall–Kier alpha value is -4.29. The standard InChI is InChI=1S/C30H36FN7O4/c1-41-27-14-25-26(15-28(27)42-12-4-9-37(10-11-39)17-21-5-2-6-21)32-20-33-30(25)36-24-16-34-38(18-24)19-29(40)35-23-8-3-7-22(31)13-23/h3,7-8,13-16,18,20-21,39H,2,4-6,9-12,17,19H2,1H3,(H,35,40)(H,32,33,36). The molecular weight excluding hydrogens is 541 g/mol. The number of hydrogen-bond donors (Lipinski definition) is 3. The largest absolute Gasteiger partial charge is 0.493 e. The van der Waals surface area contributed by atoms with E-state index in [2.05, 4.69) is 30.6 Å². The van der Waals surface area contributed by atoms with E-state index in [1.54, 1.807) is 25.6 Å². The third-order valence-electron chi connectivity index (χ3n) is 7.26. The van der Waals surface area contributed by atoms with Gasteiger partial charge in [0.1, 0.15) is 24.5 Å². The van der Waals surface area contributed by atoms with Gasteiger partial charge < -0.3 is 30.1 Å². The Balaban J connectivity index is 1.20. The first-order valence-electron chi connectivity index (χ1n) is 14.1. The summed E-state index contributed by atoms with van der Waals surface area (Å²) in [6.45, 7) is 3.21. The van der Waals surface area contributed by atoms with Crippen LogP contribution in [0.25, 0.3) is 10.9 Å². The zero-order chi connectivity index (χ0) is 29.3. The Kier molecular flexibility index (Phi) is 9.78. The fraction of sp³-hybridized carbons (Fsp3) is 0.400. The predicted octanol–water partition coefficient (Wildman–Crippen LogP) is 4.22. The smallest absolute Gasteiger partial charge is 0.246 e. The van der Waals surface area contributed by atoms with Gasteiger partial charge in [0.05, 0.1) is 37.7 Å². The summed E-state index contributed by atoms with van der Waals surface area (Å²) in [5.74, 6) is 1.70. The number of methoxy groups -OCH3 is 1. The molecule has 0 bridgehead atoms. The number of carbonyl (C=O) groups is 1. The van der Waals surface area contributed by atoms with Crippen molar-refractivity contribution in [1.82, 2.24) is 24.6 Å². The molecule has 0 aliphatic heterocycles. The number of nitrogens with zero attached hydrogens (tertiary/aromatic N) is 5. The Bertz CT molecular complexity index is 1490. The van der Waals surface area contributed by atoms with Gasteiger partial charge in [-0.3, -0.25) is 9.48 Å². The number of aromatic nitrogens is 4. The summed E-state index contributed by atoms with van der Waals surface area (Å²) in [5.41, 5.74) is 1.68. The molecule has 2 aromatic heterocycles. The quantitative estimate of drug-likeness (QED) is 0.178. The van der Waals surface area contributed by atoms with Crippen molar-refractivity contribution in [2.45, 2.75) is 32.2 Å². The Morgan fingerprint density at radius 2 is 2.05 bits per heavy atom. The molecule has 222 valence electrons. The van der Waals surface area contributed by atoms with E-state index in [0.717, 1.165) is 30.8 Å². The number of benzene rings is 2. The third kappa shape index (κ3) is 7.71. The lowest BCUT2D eigenvalue weighted by molar-refractivity contribution is -0.116. The first-order valence-corrected chi connectivity index (χ1v) is 14.1. The molecule has 0 atom stereocenters. The molecule has 0 spiro atoms. The molecule has 1 aliphatic rings. The topological polar surface area (TPSA) is 127 Å². The van der Waals surface area contributed by atoms with Crippen LogP contribution in [-0.4, -0.2) is 75.6 Å². The second kappa shape index (κ2) is 14.1. The van der Waals surface area contributed by atoms with E-state index in [1.165, 1.54) is 48.5 Å². The summed E-state index contributed by atoms with van der Waals surface area (Å²) in [7, 11) is 1.59. The van der Waals surface area contributed by atoms with Gasteiger partial charge in [0, 0.05) is 43.0 Å². The van der Waals surface area contributed by atoms with Crippen molar-refractivity contribution in [2.75, 3.05) is 50.6 Å². The minimum Gasteiger partial charge on any atom is -0.493 e. The maximum Gasteiger partial charge on any atom is 0.246 e. The lowest BCUT2D eigenvalue weighted by Crippen LogP contribution is -2.35. The molecule has 11 nitrogen and oxygen atoms in total. The van der Waals surface area contributed by atoms with Gasteiger partial charge >= 0.3 is 0 Å². The van der Waals surface area contributed by atoms with Crippen LogP contribution in [0.3, 0.4) is 0 Å². The summed E-state index contributed by atoms with van der Waals surface area (Å²) in [6.07, 6.45) is 9.43. The summed E-state index contributed by atoms with van der Waals surface area (Å²) in [4.78, 5) is 23.5. The van der Waals surface area contributed by atoms with Gasteiger partial charge in [0.15, 0.2) is 11.5 Å². The van der Waals surface area contributed by atoms with Gasteiger partial charge in [0.25, 0.3) is 0 Å². The van der Waals surface area contributed by atoms with Crippen LogP contribution in [0.2, 0.25) is 0 Å². The fourth-order valence-corrected chi connectivity index (χ4v) is 4.95. The highest BCUT2D eigenvalue weighted by atomic mass is 19.1. The van der Waals surface area contributed by atoms with Crippen molar-refractivity contribution < 1.29 is 23.8 Å². The number of anilines is 3. The van der Waals surface area contributed by atoms with Crippen LogP contribution in [0.1, 0.15) is 25.7 Å². The minimum atomic E-state index is -0.425. The fourth-order valence-electron chi connectivity index (χ4n) is 4.95. The summed E-state index contributed by atoms with van der Waals surface area (Å²) >= 11 is 0. The van der Waals surface area contributed by atoms with Crippen molar-refractivity contribution in [2.24, 2.45) is 5.92 Å².